The van der Waals surface area contributed by atoms with Gasteiger partial charge in [-0.3, -0.25) is 4.79 Å². The summed E-state index contributed by atoms with van der Waals surface area (Å²) in [6.45, 7) is 1.81. The van der Waals surface area contributed by atoms with Crippen molar-refractivity contribution in [2.24, 2.45) is 5.14 Å². The van der Waals surface area contributed by atoms with Crippen LogP contribution in [-0.4, -0.2) is 26.3 Å². The molecule has 3 rings (SSSR count). The number of nitrogens with two attached hydrogens (primary N) is 1. The van der Waals surface area contributed by atoms with Crippen LogP contribution >= 0.6 is 11.3 Å². The van der Waals surface area contributed by atoms with Gasteiger partial charge in [0.15, 0.2) is 0 Å². The van der Waals surface area contributed by atoms with Crippen molar-refractivity contribution in [3.63, 3.8) is 0 Å². The van der Waals surface area contributed by atoms with Crippen LogP contribution in [0.3, 0.4) is 0 Å². The van der Waals surface area contributed by atoms with Gasteiger partial charge in [-0.05, 0) is 54.4 Å². The van der Waals surface area contributed by atoms with Gasteiger partial charge in [-0.25, -0.2) is 17.9 Å². The second-order valence-corrected chi connectivity index (χ2v) is 9.03. The molecule has 8 heteroatoms. The fourth-order valence-corrected chi connectivity index (χ4v) is 4.31. The van der Waals surface area contributed by atoms with Gasteiger partial charge in [0.25, 0.3) is 5.91 Å². The van der Waals surface area contributed by atoms with Gasteiger partial charge in [0.2, 0.25) is 10.0 Å². The zero-order chi connectivity index (χ0) is 20.5. The molecular formula is C20H19FN2O3S2. The van der Waals surface area contributed by atoms with Crippen LogP contribution < -0.4 is 5.14 Å². The normalized spacial score (nSPS) is 12.6. The Morgan fingerprint density at radius 2 is 1.79 bits per heavy atom. The Balaban J connectivity index is 1.82. The van der Waals surface area contributed by atoms with Crippen molar-refractivity contribution in [2.45, 2.75) is 17.9 Å². The molecule has 2 aromatic carbocycles. The maximum Gasteiger partial charge on any atom is 0.264 e. The Morgan fingerprint density at radius 1 is 1.11 bits per heavy atom. The standard InChI is InChI=1S/C20H19FN2O3S2/c1-13(15-4-3-5-17(12-15)28(22,25)26)23(2)20(24)19-11-10-18(27-19)14-6-8-16(21)9-7-14/h3-13H,1-2H3,(H2,22,25,26). The molecule has 1 amide bonds. The van der Waals surface area contributed by atoms with Crippen molar-refractivity contribution < 1.29 is 17.6 Å². The molecule has 28 heavy (non-hydrogen) atoms. The van der Waals surface area contributed by atoms with Crippen LogP contribution in [0, 0.1) is 5.82 Å². The molecule has 0 fully saturated rings. The van der Waals surface area contributed by atoms with E-state index in [-0.39, 0.29) is 22.7 Å². The lowest BCUT2D eigenvalue weighted by Gasteiger charge is -2.25. The van der Waals surface area contributed by atoms with Crippen molar-refractivity contribution in [3.05, 3.63) is 76.9 Å². The Bertz CT molecular complexity index is 1110. The topological polar surface area (TPSA) is 80.5 Å². The van der Waals surface area contributed by atoms with Gasteiger partial charge in [0.1, 0.15) is 5.82 Å². The molecule has 0 saturated carbocycles. The highest BCUT2D eigenvalue weighted by atomic mass is 32.2. The minimum absolute atomic E-state index is 0.00687. The summed E-state index contributed by atoms with van der Waals surface area (Å²) in [7, 11) is -2.15. The van der Waals surface area contributed by atoms with Gasteiger partial charge in [0, 0.05) is 11.9 Å². The third-order valence-corrected chi connectivity index (χ3v) is 6.55. The zero-order valence-corrected chi connectivity index (χ0v) is 16.9. The summed E-state index contributed by atoms with van der Waals surface area (Å²) in [4.78, 5) is 15.8. The molecule has 0 spiro atoms. The van der Waals surface area contributed by atoms with E-state index in [1.165, 1.54) is 35.6 Å². The second kappa shape index (κ2) is 7.83. The lowest BCUT2D eigenvalue weighted by atomic mass is 10.1. The van der Waals surface area contributed by atoms with Gasteiger partial charge < -0.3 is 4.90 Å². The van der Waals surface area contributed by atoms with Crippen LogP contribution in [0.1, 0.15) is 28.2 Å². The summed E-state index contributed by atoms with van der Waals surface area (Å²) in [6, 6.07) is 15.5. The van der Waals surface area contributed by atoms with Crippen molar-refractivity contribution in [1.82, 2.24) is 4.90 Å². The van der Waals surface area contributed by atoms with Crippen LogP contribution in [0.2, 0.25) is 0 Å². The van der Waals surface area contributed by atoms with E-state index in [0.717, 1.165) is 10.4 Å². The first kappa shape index (κ1) is 20.2. The summed E-state index contributed by atoms with van der Waals surface area (Å²) in [5.41, 5.74) is 1.50. The van der Waals surface area contributed by atoms with Crippen molar-refractivity contribution >= 4 is 27.3 Å². The number of primary sulfonamides is 1. The zero-order valence-electron chi connectivity index (χ0n) is 15.3. The van der Waals surface area contributed by atoms with E-state index >= 15 is 0 Å². The van der Waals surface area contributed by atoms with Crippen molar-refractivity contribution in [3.8, 4) is 10.4 Å². The molecule has 5 nitrogen and oxygen atoms in total. The third kappa shape index (κ3) is 4.30. The molecule has 3 aromatic rings. The van der Waals surface area contributed by atoms with Crippen LogP contribution in [0.15, 0.2) is 65.6 Å². The number of nitrogens with zero attached hydrogens (tertiary/aromatic N) is 1. The van der Waals surface area contributed by atoms with Crippen molar-refractivity contribution in [1.29, 1.82) is 0 Å². The molecule has 1 aromatic heterocycles. The fourth-order valence-electron chi connectivity index (χ4n) is 2.75. The lowest BCUT2D eigenvalue weighted by molar-refractivity contribution is 0.0747. The number of hydrogen-bond acceptors (Lipinski definition) is 4. The molecular weight excluding hydrogens is 399 g/mol. The van der Waals surface area contributed by atoms with Crippen molar-refractivity contribution in [2.75, 3.05) is 7.05 Å². The smallest absolute Gasteiger partial charge is 0.264 e. The molecule has 0 aliphatic rings. The molecule has 1 heterocycles. The van der Waals surface area contributed by atoms with Crippen LogP contribution in [0.4, 0.5) is 4.39 Å². The maximum atomic E-state index is 13.1. The molecule has 0 aliphatic heterocycles. The molecule has 1 unspecified atom stereocenters. The molecule has 0 radical (unpaired) electrons. The number of hydrogen-bond donors (Lipinski definition) is 1. The van der Waals surface area contributed by atoms with E-state index in [1.54, 1.807) is 42.3 Å². The molecule has 1 atom stereocenters. The molecule has 2 N–H and O–H groups in total. The Morgan fingerprint density at radius 3 is 2.43 bits per heavy atom. The minimum Gasteiger partial charge on any atom is -0.334 e. The van der Waals surface area contributed by atoms with Gasteiger partial charge in [-0.2, -0.15) is 0 Å². The highest BCUT2D eigenvalue weighted by molar-refractivity contribution is 7.89. The third-order valence-electron chi connectivity index (χ3n) is 4.52. The van der Waals surface area contributed by atoms with E-state index in [0.29, 0.717) is 10.4 Å². The van der Waals surface area contributed by atoms with Gasteiger partial charge in [-0.15, -0.1) is 11.3 Å². The minimum atomic E-state index is -3.82. The first-order valence-electron chi connectivity index (χ1n) is 8.42. The van der Waals surface area contributed by atoms with Gasteiger partial charge >= 0.3 is 0 Å². The second-order valence-electron chi connectivity index (χ2n) is 6.38. The highest BCUT2D eigenvalue weighted by Gasteiger charge is 2.22. The molecule has 146 valence electrons. The van der Waals surface area contributed by atoms with E-state index in [1.807, 2.05) is 13.0 Å². The van der Waals surface area contributed by atoms with Crippen LogP contribution in [0.5, 0.6) is 0 Å². The Kier molecular flexibility index (Phi) is 5.64. The Hall–Kier alpha value is -2.55. The van der Waals surface area contributed by atoms with Crippen LogP contribution in [0.25, 0.3) is 10.4 Å². The number of rotatable bonds is 5. The summed E-state index contributed by atoms with van der Waals surface area (Å²) in [5.74, 6) is -0.501. The number of benzene rings is 2. The number of sulfonamides is 1. The number of amides is 1. The predicted molar refractivity (Wildman–Crippen MR) is 108 cm³/mol. The average Bonchev–Trinajstić information content (AvgIpc) is 3.16. The van der Waals surface area contributed by atoms with E-state index in [9.17, 15) is 17.6 Å². The number of thiophene rings is 1. The molecule has 0 saturated heterocycles. The quantitative estimate of drug-likeness (QED) is 0.679. The summed E-state index contributed by atoms with van der Waals surface area (Å²) in [5, 5.41) is 5.19. The summed E-state index contributed by atoms with van der Waals surface area (Å²) in [6.07, 6.45) is 0. The van der Waals surface area contributed by atoms with E-state index in [2.05, 4.69) is 0 Å². The first-order valence-corrected chi connectivity index (χ1v) is 10.8. The van der Waals surface area contributed by atoms with E-state index < -0.39 is 10.0 Å². The van der Waals surface area contributed by atoms with Gasteiger partial charge in [0.05, 0.1) is 15.8 Å². The van der Waals surface area contributed by atoms with E-state index in [4.69, 9.17) is 5.14 Å². The number of carbonyl (C=O) groups excluding carboxylic acids is 1. The molecule has 0 bridgehead atoms. The first-order chi connectivity index (χ1) is 13.2. The number of halogens is 1. The highest BCUT2D eigenvalue weighted by Crippen LogP contribution is 2.30. The maximum absolute atomic E-state index is 13.1. The summed E-state index contributed by atoms with van der Waals surface area (Å²) >= 11 is 1.32. The predicted octanol–water partition coefficient (Wildman–Crippen LogP) is 4.03. The number of carbonyl (C=O) groups is 1. The van der Waals surface area contributed by atoms with Crippen LogP contribution in [-0.2, 0) is 10.0 Å². The largest absolute Gasteiger partial charge is 0.334 e. The lowest BCUT2D eigenvalue weighted by Crippen LogP contribution is -2.29. The Labute approximate surface area is 167 Å². The molecule has 0 aliphatic carbocycles. The van der Waals surface area contributed by atoms with Gasteiger partial charge in [-0.1, -0.05) is 24.3 Å². The summed E-state index contributed by atoms with van der Waals surface area (Å²) < 4.78 is 36.2. The monoisotopic (exact) mass is 418 g/mol. The average molecular weight is 419 g/mol. The fraction of sp³-hybridized carbons (Fsp3) is 0.150. The SMILES string of the molecule is CC(c1cccc(S(N)(=O)=O)c1)N(C)C(=O)c1ccc(-c2ccc(F)cc2)s1.